The van der Waals surface area contributed by atoms with E-state index < -0.39 is 5.54 Å². The number of benzene rings is 4. The first kappa shape index (κ1) is 35.5. The second-order valence-corrected chi connectivity index (χ2v) is 15.2. The van der Waals surface area contributed by atoms with Crippen molar-refractivity contribution in [1.82, 2.24) is 34.7 Å². The Morgan fingerprint density at radius 2 is 1.43 bits per heavy atom. The van der Waals surface area contributed by atoms with Gasteiger partial charge in [-0.25, -0.2) is 9.97 Å². The molecule has 3 heterocycles. The Bertz CT molecular complexity index is 2480. The van der Waals surface area contributed by atoms with Crippen LogP contribution in [0.25, 0.3) is 22.3 Å². The Labute approximate surface area is 329 Å². The van der Waals surface area contributed by atoms with Crippen molar-refractivity contribution in [3.63, 3.8) is 0 Å². The van der Waals surface area contributed by atoms with Crippen LogP contribution >= 0.6 is 0 Å². The van der Waals surface area contributed by atoms with Gasteiger partial charge in [0.25, 0.3) is 0 Å². The van der Waals surface area contributed by atoms with Crippen LogP contribution in [0, 0.1) is 19.8 Å². The third kappa shape index (κ3) is 6.41. The number of fused-ring (bicyclic) bond motifs is 1. The molecule has 0 spiro atoms. The Kier molecular flexibility index (Phi) is 9.59. The van der Waals surface area contributed by atoms with Crippen molar-refractivity contribution in [2.75, 3.05) is 0 Å². The van der Waals surface area contributed by atoms with Crippen LogP contribution in [-0.2, 0) is 18.5 Å². The molecule has 0 aliphatic heterocycles. The van der Waals surface area contributed by atoms with Gasteiger partial charge in [-0.2, -0.15) is 0 Å². The molecule has 278 valence electrons. The van der Waals surface area contributed by atoms with Gasteiger partial charge in [-0.15, -0.1) is 15.0 Å². The second kappa shape index (κ2) is 15.1. The van der Waals surface area contributed by atoms with Crippen LogP contribution in [0.15, 0.2) is 145 Å². The van der Waals surface area contributed by atoms with Gasteiger partial charge in [-0.3, -0.25) is 0 Å². The predicted molar refractivity (Wildman–Crippen MR) is 225 cm³/mol. The summed E-state index contributed by atoms with van der Waals surface area (Å²) < 4.78 is 2.28. The highest BCUT2D eigenvalue weighted by molar-refractivity contribution is 5.95. The number of aromatic nitrogens is 7. The molecule has 1 unspecified atom stereocenters. The molecule has 0 saturated heterocycles. The molecule has 0 saturated carbocycles. The molecule has 2 aliphatic carbocycles. The molecular formula is C49H47N7. The minimum absolute atomic E-state index is 0.350. The van der Waals surface area contributed by atoms with Crippen molar-refractivity contribution < 1.29 is 0 Å². The molecular weight excluding hydrogens is 687 g/mol. The van der Waals surface area contributed by atoms with Crippen LogP contribution < -0.4 is 0 Å². The molecule has 0 N–H and O–H groups in total. The molecule has 56 heavy (non-hydrogen) atoms. The van der Waals surface area contributed by atoms with E-state index in [1.807, 2.05) is 4.80 Å². The molecule has 0 radical (unpaired) electrons. The van der Waals surface area contributed by atoms with Crippen LogP contribution in [0.5, 0.6) is 0 Å². The lowest BCUT2D eigenvalue weighted by Gasteiger charge is -2.34. The highest BCUT2D eigenvalue weighted by Gasteiger charge is 2.41. The highest BCUT2D eigenvalue weighted by Crippen LogP contribution is 2.43. The van der Waals surface area contributed by atoms with E-state index in [0.717, 1.165) is 70.6 Å². The molecule has 7 aromatic rings. The highest BCUT2D eigenvalue weighted by atomic mass is 15.6. The van der Waals surface area contributed by atoms with E-state index in [2.05, 4.69) is 165 Å². The average molecular weight is 734 g/mol. The van der Waals surface area contributed by atoms with Crippen LogP contribution in [0.1, 0.15) is 89.8 Å². The standard InChI is InChI=1S/C49H47N7/c1-4-45-51-46-34(2)31-35(3)50-48(46)55(45)33-36-25-27-38(28-26-36)44-32-39(37-17-9-5-10-18-37)29-30-43(44)47-52-54-56(53-47)49(40-19-11-6-12-20-40,41-21-13-7-14-22-41)42-23-15-8-16-24-42/h6-8,11-17,19-31,39H,4-5,9-10,18,32-33H2,1-3H3. The third-order valence-electron chi connectivity index (χ3n) is 11.6. The maximum Gasteiger partial charge on any atom is 0.205 e. The smallest absolute Gasteiger partial charge is 0.205 e. The van der Waals surface area contributed by atoms with E-state index in [4.69, 9.17) is 25.4 Å². The van der Waals surface area contributed by atoms with E-state index in [9.17, 15) is 0 Å². The topological polar surface area (TPSA) is 74.3 Å². The van der Waals surface area contributed by atoms with Crippen LogP contribution in [-0.4, -0.2) is 34.7 Å². The molecule has 9 rings (SSSR count). The third-order valence-corrected chi connectivity index (χ3v) is 11.6. The second-order valence-electron chi connectivity index (χ2n) is 15.2. The first-order valence-electron chi connectivity index (χ1n) is 20.0. The lowest BCUT2D eigenvalue weighted by Crippen LogP contribution is -2.39. The van der Waals surface area contributed by atoms with Gasteiger partial charge >= 0.3 is 0 Å². The number of rotatable bonds is 10. The molecule has 2 aliphatic rings. The fourth-order valence-corrected chi connectivity index (χ4v) is 8.88. The summed E-state index contributed by atoms with van der Waals surface area (Å²) in [5.74, 6) is 2.03. The van der Waals surface area contributed by atoms with Gasteiger partial charge in [0.2, 0.25) is 5.82 Å². The summed E-state index contributed by atoms with van der Waals surface area (Å²) in [6.45, 7) is 7.07. The minimum Gasteiger partial charge on any atom is -0.308 e. The van der Waals surface area contributed by atoms with Crippen molar-refractivity contribution in [3.8, 4) is 0 Å². The molecule has 7 heteroatoms. The SMILES string of the molecule is CCc1nc2c(C)cc(C)nc2n1Cc1ccc(C2=C(c3nnn(C(c4ccccc4)(c4ccccc4)c4ccccc4)n3)C=CC(C3=CCCCC3)C2)cc1. The van der Waals surface area contributed by atoms with E-state index in [1.165, 1.54) is 35.1 Å². The number of tetrazole rings is 1. The van der Waals surface area contributed by atoms with Gasteiger partial charge in [0, 0.05) is 23.6 Å². The maximum atomic E-state index is 5.33. The number of hydrogen-bond acceptors (Lipinski definition) is 5. The molecule has 3 aromatic heterocycles. The molecule has 1 atom stereocenters. The zero-order valence-corrected chi connectivity index (χ0v) is 32.4. The van der Waals surface area contributed by atoms with Crippen molar-refractivity contribution >= 4 is 22.3 Å². The molecule has 7 nitrogen and oxygen atoms in total. The van der Waals surface area contributed by atoms with Gasteiger partial charge in [0.05, 0.1) is 6.54 Å². The Hall–Kier alpha value is -6.21. The van der Waals surface area contributed by atoms with E-state index in [1.54, 1.807) is 5.57 Å². The lowest BCUT2D eigenvalue weighted by atomic mass is 9.77. The zero-order chi connectivity index (χ0) is 38.1. The summed E-state index contributed by atoms with van der Waals surface area (Å²) in [7, 11) is 0. The Balaban J connectivity index is 1.15. The first-order valence-corrected chi connectivity index (χ1v) is 20.0. The number of imidazole rings is 1. The van der Waals surface area contributed by atoms with Gasteiger partial charge in [0.1, 0.15) is 11.3 Å². The molecule has 0 bridgehead atoms. The van der Waals surface area contributed by atoms with E-state index in [-0.39, 0.29) is 0 Å². The first-order chi connectivity index (χ1) is 27.5. The number of pyridine rings is 1. The fraction of sp³-hybridized carbons (Fsp3) is 0.245. The van der Waals surface area contributed by atoms with Crippen LogP contribution in [0.4, 0.5) is 0 Å². The minimum atomic E-state index is -0.841. The summed E-state index contributed by atoms with van der Waals surface area (Å²) in [5, 5.41) is 15.1. The summed E-state index contributed by atoms with van der Waals surface area (Å²) in [6, 6.07) is 42.8. The maximum absolute atomic E-state index is 5.33. The summed E-state index contributed by atoms with van der Waals surface area (Å²) in [5.41, 5.74) is 12.7. The van der Waals surface area contributed by atoms with E-state index in [0.29, 0.717) is 18.3 Å². The van der Waals surface area contributed by atoms with Gasteiger partial charge in [0.15, 0.2) is 11.2 Å². The van der Waals surface area contributed by atoms with Crippen molar-refractivity contribution in [3.05, 3.63) is 196 Å². The summed E-state index contributed by atoms with van der Waals surface area (Å²) >= 11 is 0. The Morgan fingerprint density at radius 1 is 0.768 bits per heavy atom. The average Bonchev–Trinajstić information content (AvgIpc) is 3.88. The van der Waals surface area contributed by atoms with Crippen molar-refractivity contribution in [2.45, 2.75) is 71.4 Å². The zero-order valence-electron chi connectivity index (χ0n) is 32.4. The molecule has 0 amide bonds. The summed E-state index contributed by atoms with van der Waals surface area (Å²) in [6.07, 6.45) is 13.7. The number of hydrogen-bond donors (Lipinski definition) is 0. The predicted octanol–water partition coefficient (Wildman–Crippen LogP) is 10.5. The molecule has 0 fully saturated rings. The summed E-state index contributed by atoms with van der Waals surface area (Å²) in [4.78, 5) is 11.7. The van der Waals surface area contributed by atoms with Crippen LogP contribution in [0.3, 0.4) is 0 Å². The largest absolute Gasteiger partial charge is 0.308 e. The van der Waals surface area contributed by atoms with Gasteiger partial charge < -0.3 is 4.57 Å². The van der Waals surface area contributed by atoms with Crippen LogP contribution in [0.2, 0.25) is 0 Å². The van der Waals surface area contributed by atoms with Gasteiger partial charge in [-0.1, -0.05) is 146 Å². The normalized spacial score (nSPS) is 16.1. The fourth-order valence-electron chi connectivity index (χ4n) is 8.88. The Morgan fingerprint density at radius 3 is 2.04 bits per heavy atom. The monoisotopic (exact) mass is 733 g/mol. The lowest BCUT2D eigenvalue weighted by molar-refractivity contribution is 0.395. The molecule has 4 aromatic carbocycles. The number of aryl methyl sites for hydroxylation is 3. The quantitative estimate of drug-likeness (QED) is 0.103. The van der Waals surface area contributed by atoms with Crippen molar-refractivity contribution in [1.29, 1.82) is 0 Å². The number of nitrogens with zero attached hydrogens (tertiary/aromatic N) is 7. The number of allylic oxidation sites excluding steroid dienone is 6. The van der Waals surface area contributed by atoms with E-state index >= 15 is 0 Å². The van der Waals surface area contributed by atoms with Gasteiger partial charge in [-0.05, 0) is 96.2 Å². The van der Waals surface area contributed by atoms with Crippen molar-refractivity contribution in [2.24, 2.45) is 5.92 Å².